The molecule has 1 aliphatic carbocycles. The van der Waals surface area contributed by atoms with Crippen LogP contribution < -0.4 is 14.8 Å². The molecule has 1 fully saturated rings. The first-order chi connectivity index (χ1) is 8.55. The monoisotopic (exact) mass is 257 g/mol. The fourth-order valence-electron chi connectivity index (χ4n) is 2.15. The van der Waals surface area contributed by atoms with E-state index in [0.29, 0.717) is 12.1 Å². The maximum Gasteiger partial charge on any atom is 0.586 e. The number of anilines is 1. The fourth-order valence-corrected chi connectivity index (χ4v) is 2.15. The molecule has 18 heavy (non-hydrogen) atoms. The van der Waals surface area contributed by atoms with Gasteiger partial charge in [-0.25, -0.2) is 0 Å². The zero-order valence-electron chi connectivity index (χ0n) is 9.78. The lowest BCUT2D eigenvalue weighted by Crippen LogP contribution is -2.40. The van der Waals surface area contributed by atoms with Gasteiger partial charge in [-0.3, -0.25) is 0 Å². The SMILES string of the molecule is COC1CC(Nc2ccc3c(c2)OC(F)(F)O3)C1. The summed E-state index contributed by atoms with van der Waals surface area (Å²) in [4.78, 5) is 0. The molecule has 1 saturated carbocycles. The van der Waals surface area contributed by atoms with Gasteiger partial charge in [-0.1, -0.05) is 0 Å². The summed E-state index contributed by atoms with van der Waals surface area (Å²) < 4.78 is 39.5. The van der Waals surface area contributed by atoms with E-state index in [4.69, 9.17) is 4.74 Å². The van der Waals surface area contributed by atoms with Gasteiger partial charge in [0.25, 0.3) is 0 Å². The molecule has 3 rings (SSSR count). The Labute approximate surface area is 103 Å². The smallest absolute Gasteiger partial charge is 0.395 e. The first kappa shape index (κ1) is 11.5. The second-order valence-corrected chi connectivity index (χ2v) is 4.50. The van der Waals surface area contributed by atoms with Gasteiger partial charge in [0, 0.05) is 24.9 Å². The van der Waals surface area contributed by atoms with Crippen LogP contribution in [0.15, 0.2) is 18.2 Å². The summed E-state index contributed by atoms with van der Waals surface area (Å²) in [5, 5.41) is 3.24. The highest BCUT2D eigenvalue weighted by molar-refractivity contribution is 5.56. The number of rotatable bonds is 3. The quantitative estimate of drug-likeness (QED) is 0.903. The number of ether oxygens (including phenoxy) is 3. The molecule has 1 N–H and O–H groups in total. The third kappa shape index (κ3) is 2.08. The minimum Gasteiger partial charge on any atom is -0.395 e. The highest BCUT2D eigenvalue weighted by atomic mass is 19.3. The predicted octanol–water partition coefficient (Wildman–Crippen LogP) is 2.60. The Morgan fingerprint density at radius 2 is 2.00 bits per heavy atom. The molecule has 1 aromatic carbocycles. The Kier molecular flexibility index (Phi) is 2.55. The lowest BCUT2D eigenvalue weighted by molar-refractivity contribution is -0.286. The molecule has 1 aliphatic heterocycles. The first-order valence-electron chi connectivity index (χ1n) is 5.75. The van der Waals surface area contributed by atoms with Crippen molar-refractivity contribution in [1.82, 2.24) is 0 Å². The van der Waals surface area contributed by atoms with E-state index in [1.54, 1.807) is 13.2 Å². The Balaban J connectivity index is 1.66. The van der Waals surface area contributed by atoms with Gasteiger partial charge < -0.3 is 19.5 Å². The van der Waals surface area contributed by atoms with Crippen LogP contribution in [-0.4, -0.2) is 25.6 Å². The van der Waals surface area contributed by atoms with Crippen LogP contribution in [0.5, 0.6) is 11.5 Å². The van der Waals surface area contributed by atoms with Gasteiger partial charge >= 0.3 is 6.29 Å². The Hall–Kier alpha value is -1.56. The van der Waals surface area contributed by atoms with Gasteiger partial charge in [0.2, 0.25) is 0 Å². The van der Waals surface area contributed by atoms with Crippen LogP contribution in [0.3, 0.4) is 0 Å². The van der Waals surface area contributed by atoms with E-state index < -0.39 is 6.29 Å². The van der Waals surface area contributed by atoms with Crippen molar-refractivity contribution >= 4 is 5.69 Å². The standard InChI is InChI=1S/C12H13F2NO3/c1-16-9-4-8(5-9)15-7-2-3-10-11(6-7)18-12(13,14)17-10/h2-3,6,8-9,15H,4-5H2,1H3. The van der Waals surface area contributed by atoms with E-state index in [1.807, 2.05) is 0 Å². The molecule has 1 aromatic rings. The number of benzene rings is 1. The number of halogens is 2. The maximum atomic E-state index is 12.8. The number of nitrogens with one attached hydrogen (secondary N) is 1. The van der Waals surface area contributed by atoms with Gasteiger partial charge in [-0.2, -0.15) is 0 Å². The summed E-state index contributed by atoms with van der Waals surface area (Å²) >= 11 is 0. The lowest BCUT2D eigenvalue weighted by Gasteiger charge is -2.35. The zero-order valence-corrected chi connectivity index (χ0v) is 9.78. The van der Waals surface area contributed by atoms with Crippen LogP contribution >= 0.6 is 0 Å². The van der Waals surface area contributed by atoms with Crippen molar-refractivity contribution in [2.75, 3.05) is 12.4 Å². The fraction of sp³-hybridized carbons (Fsp3) is 0.500. The van der Waals surface area contributed by atoms with Crippen molar-refractivity contribution in [2.45, 2.75) is 31.3 Å². The summed E-state index contributed by atoms with van der Waals surface area (Å²) in [6.07, 6.45) is -1.43. The summed E-state index contributed by atoms with van der Waals surface area (Å²) in [5.41, 5.74) is 0.745. The van der Waals surface area contributed by atoms with Crippen molar-refractivity contribution in [2.24, 2.45) is 0 Å². The molecule has 0 atom stereocenters. The molecule has 4 nitrogen and oxygen atoms in total. The number of hydrogen-bond acceptors (Lipinski definition) is 4. The molecular weight excluding hydrogens is 244 g/mol. The zero-order chi connectivity index (χ0) is 12.8. The average molecular weight is 257 g/mol. The Morgan fingerprint density at radius 3 is 2.72 bits per heavy atom. The molecule has 0 aromatic heterocycles. The van der Waals surface area contributed by atoms with Crippen LogP contribution in [0, 0.1) is 0 Å². The first-order valence-corrected chi connectivity index (χ1v) is 5.75. The van der Waals surface area contributed by atoms with Gasteiger partial charge in [-0.15, -0.1) is 8.78 Å². The summed E-state index contributed by atoms with van der Waals surface area (Å²) in [6.45, 7) is 0. The minimum atomic E-state index is -3.56. The van der Waals surface area contributed by atoms with Crippen LogP contribution in [0.2, 0.25) is 0 Å². The Morgan fingerprint density at radius 1 is 1.28 bits per heavy atom. The molecule has 0 bridgehead atoms. The molecule has 98 valence electrons. The van der Waals surface area contributed by atoms with Crippen LogP contribution in [-0.2, 0) is 4.74 Å². The van der Waals surface area contributed by atoms with Crippen molar-refractivity contribution in [3.8, 4) is 11.5 Å². The number of fused-ring (bicyclic) bond motifs is 1. The average Bonchev–Trinajstić information content (AvgIpc) is 2.55. The van der Waals surface area contributed by atoms with E-state index in [-0.39, 0.29) is 11.5 Å². The van der Waals surface area contributed by atoms with Crippen molar-refractivity contribution in [3.63, 3.8) is 0 Å². The second-order valence-electron chi connectivity index (χ2n) is 4.50. The third-order valence-corrected chi connectivity index (χ3v) is 3.20. The van der Waals surface area contributed by atoms with Gasteiger partial charge in [0.15, 0.2) is 11.5 Å². The normalized spacial score (nSPS) is 27.7. The van der Waals surface area contributed by atoms with E-state index in [9.17, 15) is 8.78 Å². The molecule has 0 unspecified atom stereocenters. The van der Waals surface area contributed by atoms with E-state index >= 15 is 0 Å². The van der Waals surface area contributed by atoms with Gasteiger partial charge in [0.05, 0.1) is 6.10 Å². The number of methoxy groups -OCH3 is 1. The molecule has 0 radical (unpaired) electrons. The molecular formula is C12H13F2NO3. The summed E-state index contributed by atoms with van der Waals surface area (Å²) in [6, 6.07) is 5.02. The van der Waals surface area contributed by atoms with E-state index in [2.05, 4.69) is 14.8 Å². The summed E-state index contributed by atoms with van der Waals surface area (Å²) in [7, 11) is 1.68. The number of hydrogen-bond donors (Lipinski definition) is 1. The minimum absolute atomic E-state index is 0.0626. The maximum absolute atomic E-state index is 12.8. The van der Waals surface area contributed by atoms with E-state index in [0.717, 1.165) is 18.5 Å². The van der Waals surface area contributed by atoms with Gasteiger partial charge in [0.1, 0.15) is 0 Å². The predicted molar refractivity (Wildman–Crippen MR) is 60.1 cm³/mol. The van der Waals surface area contributed by atoms with Gasteiger partial charge in [-0.05, 0) is 25.0 Å². The van der Waals surface area contributed by atoms with E-state index in [1.165, 1.54) is 12.1 Å². The van der Waals surface area contributed by atoms with Crippen molar-refractivity contribution in [3.05, 3.63) is 18.2 Å². The van der Waals surface area contributed by atoms with Crippen LogP contribution in [0.25, 0.3) is 0 Å². The van der Waals surface area contributed by atoms with Crippen LogP contribution in [0.1, 0.15) is 12.8 Å². The molecule has 0 amide bonds. The highest BCUT2D eigenvalue weighted by Gasteiger charge is 2.43. The molecule has 6 heteroatoms. The van der Waals surface area contributed by atoms with Crippen LogP contribution in [0.4, 0.5) is 14.5 Å². The second kappa shape index (κ2) is 3.98. The molecule has 0 saturated heterocycles. The summed E-state index contributed by atoms with van der Waals surface area (Å²) in [5.74, 6) is 0.126. The Bertz CT molecular complexity index is 461. The largest absolute Gasteiger partial charge is 0.586 e. The molecule has 1 heterocycles. The molecule has 0 spiro atoms. The lowest BCUT2D eigenvalue weighted by atomic mass is 9.89. The van der Waals surface area contributed by atoms with Crippen molar-refractivity contribution in [1.29, 1.82) is 0 Å². The topological polar surface area (TPSA) is 39.7 Å². The number of alkyl halides is 2. The van der Waals surface area contributed by atoms with Crippen molar-refractivity contribution < 1.29 is 23.0 Å². The molecule has 2 aliphatic rings. The third-order valence-electron chi connectivity index (χ3n) is 3.20. The highest BCUT2D eigenvalue weighted by Crippen LogP contribution is 2.42.